The zero-order valence-corrected chi connectivity index (χ0v) is 22.8. The van der Waals surface area contributed by atoms with Gasteiger partial charge in [-0.15, -0.1) is 23.3 Å². The van der Waals surface area contributed by atoms with E-state index in [9.17, 15) is 4.57 Å². The van der Waals surface area contributed by atoms with Gasteiger partial charge >= 0.3 is 0 Å². The number of unbranched alkanes of at least 4 members (excludes halogenated alkanes) is 5. The summed E-state index contributed by atoms with van der Waals surface area (Å²) in [4.78, 5) is 0. The maximum atomic E-state index is 14.1. The van der Waals surface area contributed by atoms with Crippen LogP contribution < -0.4 is 10.6 Å². The SMILES string of the molecule is C/C(=C/P(=O)(c1ccccc1)c1ccccc1)CCCCC#CCCCCC#C[Si](C)(C)C. The molecule has 0 saturated carbocycles. The summed E-state index contributed by atoms with van der Waals surface area (Å²) >= 11 is 0. The molecule has 0 bridgehead atoms. The number of hydrogen-bond acceptors (Lipinski definition) is 1. The fourth-order valence-corrected chi connectivity index (χ4v) is 6.75. The molecule has 0 aliphatic carbocycles. The molecule has 0 fully saturated rings. The molecule has 2 rings (SSSR count). The third kappa shape index (κ3) is 10.5. The molecule has 0 radical (unpaired) electrons. The van der Waals surface area contributed by atoms with Crippen molar-refractivity contribution in [1.29, 1.82) is 0 Å². The zero-order valence-electron chi connectivity index (χ0n) is 20.9. The van der Waals surface area contributed by atoms with Crippen LogP contribution in [0, 0.1) is 23.3 Å². The highest BCUT2D eigenvalue weighted by Gasteiger charge is 2.24. The van der Waals surface area contributed by atoms with Crippen LogP contribution in [0.2, 0.25) is 19.6 Å². The molecule has 0 aromatic heterocycles. The molecule has 2 aromatic rings. The number of hydrogen-bond donors (Lipinski definition) is 0. The molecule has 0 unspecified atom stereocenters. The summed E-state index contributed by atoms with van der Waals surface area (Å²) in [5.74, 6) is 12.0. The summed E-state index contributed by atoms with van der Waals surface area (Å²) in [7, 11) is -3.99. The topological polar surface area (TPSA) is 17.1 Å². The Hall–Kier alpha value is -2.25. The van der Waals surface area contributed by atoms with Crippen LogP contribution in [0.25, 0.3) is 0 Å². The third-order valence-electron chi connectivity index (χ3n) is 5.25. The van der Waals surface area contributed by atoms with E-state index in [1.165, 1.54) is 5.57 Å². The number of benzene rings is 2. The third-order valence-corrected chi connectivity index (χ3v) is 9.11. The maximum absolute atomic E-state index is 14.1. The minimum absolute atomic E-state index is 0.896. The van der Waals surface area contributed by atoms with Gasteiger partial charge < -0.3 is 4.57 Å². The van der Waals surface area contributed by atoms with Crippen LogP contribution in [0.4, 0.5) is 0 Å². The average molecular weight is 475 g/mol. The Labute approximate surface area is 203 Å². The molecule has 0 aliphatic heterocycles. The van der Waals surface area contributed by atoms with Gasteiger partial charge in [0, 0.05) is 29.9 Å². The van der Waals surface area contributed by atoms with Crippen LogP contribution in [0.15, 0.2) is 72.1 Å². The van der Waals surface area contributed by atoms with Crippen molar-refractivity contribution in [2.75, 3.05) is 0 Å². The summed E-state index contributed by atoms with van der Waals surface area (Å²) < 4.78 is 14.1. The molecule has 0 N–H and O–H groups in total. The highest BCUT2D eigenvalue weighted by molar-refractivity contribution is 7.81. The Bertz CT molecular complexity index is 997. The molecule has 0 saturated heterocycles. The second kappa shape index (κ2) is 14.1. The highest BCUT2D eigenvalue weighted by Crippen LogP contribution is 2.46. The lowest BCUT2D eigenvalue weighted by Crippen LogP contribution is -2.16. The van der Waals surface area contributed by atoms with Crippen molar-refractivity contribution in [2.45, 2.75) is 77.9 Å². The standard InChI is InChI=1S/C30H39OPSi/c1-28(21-15-11-9-7-5-6-8-10-12-20-26-33(2,3)4)27-32(31,29-22-16-13-17-23-29)30-24-18-14-19-25-30/h13-14,16-19,22-25,27H,6,8-12,15,21H2,1-4H3/b28-27-. The van der Waals surface area contributed by atoms with E-state index < -0.39 is 15.2 Å². The van der Waals surface area contributed by atoms with Crippen LogP contribution in [0.3, 0.4) is 0 Å². The molecule has 33 heavy (non-hydrogen) atoms. The Morgan fingerprint density at radius 3 is 1.70 bits per heavy atom. The van der Waals surface area contributed by atoms with Crippen LogP contribution in [0.1, 0.15) is 58.3 Å². The van der Waals surface area contributed by atoms with Crippen LogP contribution in [-0.2, 0) is 4.57 Å². The van der Waals surface area contributed by atoms with E-state index in [1.807, 2.05) is 66.5 Å². The normalized spacial score (nSPS) is 11.8. The fraction of sp³-hybridized carbons (Fsp3) is 0.400. The Morgan fingerprint density at radius 2 is 1.21 bits per heavy atom. The quantitative estimate of drug-likeness (QED) is 0.148. The Morgan fingerprint density at radius 1 is 0.758 bits per heavy atom. The highest BCUT2D eigenvalue weighted by atomic mass is 31.2. The van der Waals surface area contributed by atoms with Crippen molar-refractivity contribution < 1.29 is 4.57 Å². The molecular formula is C30H39OPSi. The Balaban J connectivity index is 1.79. The molecule has 2 aromatic carbocycles. The van der Waals surface area contributed by atoms with Crippen LogP contribution >= 0.6 is 7.14 Å². The summed E-state index contributed by atoms with van der Waals surface area (Å²) in [6.07, 6.45) is 8.34. The van der Waals surface area contributed by atoms with Gasteiger partial charge in [-0.2, -0.15) is 0 Å². The van der Waals surface area contributed by atoms with E-state index in [2.05, 4.69) is 49.9 Å². The minimum Gasteiger partial charge on any atom is -0.309 e. The minimum atomic E-state index is -2.77. The number of allylic oxidation sites excluding steroid dienone is 1. The summed E-state index contributed by atoms with van der Waals surface area (Å²) in [5.41, 5.74) is 4.61. The summed E-state index contributed by atoms with van der Waals surface area (Å²) in [5, 5.41) is 1.79. The lowest BCUT2D eigenvalue weighted by Gasteiger charge is -2.17. The van der Waals surface area contributed by atoms with E-state index in [4.69, 9.17) is 0 Å². The van der Waals surface area contributed by atoms with Gasteiger partial charge in [-0.05, 0) is 44.8 Å². The van der Waals surface area contributed by atoms with Gasteiger partial charge in [0.2, 0.25) is 0 Å². The first-order valence-electron chi connectivity index (χ1n) is 12.2. The summed E-state index contributed by atoms with van der Waals surface area (Å²) in [6.45, 7) is 8.96. The second-order valence-electron chi connectivity index (χ2n) is 9.62. The molecule has 3 heteroatoms. The van der Waals surface area contributed by atoms with Gasteiger partial charge in [0.1, 0.15) is 8.07 Å². The van der Waals surface area contributed by atoms with Gasteiger partial charge in [-0.3, -0.25) is 0 Å². The lowest BCUT2D eigenvalue weighted by atomic mass is 10.1. The zero-order chi connectivity index (χ0) is 24.0. The van der Waals surface area contributed by atoms with E-state index >= 15 is 0 Å². The fourth-order valence-electron chi connectivity index (χ4n) is 3.52. The predicted octanol–water partition coefficient (Wildman–Crippen LogP) is 7.91. The van der Waals surface area contributed by atoms with Gasteiger partial charge in [-0.25, -0.2) is 0 Å². The molecule has 0 atom stereocenters. The van der Waals surface area contributed by atoms with Crippen molar-refractivity contribution in [3.8, 4) is 23.3 Å². The average Bonchev–Trinajstić information content (AvgIpc) is 2.80. The first-order chi connectivity index (χ1) is 15.8. The van der Waals surface area contributed by atoms with Crippen molar-refractivity contribution >= 4 is 25.8 Å². The predicted molar refractivity (Wildman–Crippen MR) is 149 cm³/mol. The smallest absolute Gasteiger partial charge is 0.164 e. The monoisotopic (exact) mass is 474 g/mol. The first-order valence-corrected chi connectivity index (χ1v) is 17.4. The van der Waals surface area contributed by atoms with E-state index in [1.54, 1.807) is 0 Å². The van der Waals surface area contributed by atoms with Crippen molar-refractivity contribution in [1.82, 2.24) is 0 Å². The lowest BCUT2D eigenvalue weighted by molar-refractivity contribution is 0.592. The molecule has 0 heterocycles. The van der Waals surface area contributed by atoms with Gasteiger partial charge in [0.05, 0.1) is 0 Å². The molecule has 0 spiro atoms. The number of rotatable bonds is 10. The Kier molecular flexibility index (Phi) is 11.5. The molecule has 1 nitrogen and oxygen atoms in total. The first kappa shape index (κ1) is 27.0. The van der Waals surface area contributed by atoms with Crippen molar-refractivity contribution in [2.24, 2.45) is 0 Å². The van der Waals surface area contributed by atoms with Gasteiger partial charge in [-0.1, -0.05) is 85.9 Å². The van der Waals surface area contributed by atoms with Crippen LogP contribution in [-0.4, -0.2) is 8.07 Å². The van der Waals surface area contributed by atoms with E-state index in [0.29, 0.717) is 0 Å². The molecule has 0 aliphatic rings. The maximum Gasteiger partial charge on any atom is 0.164 e. The largest absolute Gasteiger partial charge is 0.309 e. The van der Waals surface area contributed by atoms with Gasteiger partial charge in [0.15, 0.2) is 7.14 Å². The summed E-state index contributed by atoms with van der Waals surface area (Å²) in [6, 6.07) is 19.7. The second-order valence-corrected chi connectivity index (χ2v) is 17.0. The van der Waals surface area contributed by atoms with Crippen molar-refractivity contribution in [3.63, 3.8) is 0 Å². The van der Waals surface area contributed by atoms with Crippen molar-refractivity contribution in [3.05, 3.63) is 72.1 Å². The van der Waals surface area contributed by atoms with E-state index in [0.717, 1.165) is 62.0 Å². The molecule has 0 amide bonds. The molecule has 174 valence electrons. The van der Waals surface area contributed by atoms with Gasteiger partial charge in [0.25, 0.3) is 0 Å². The molecular weight excluding hydrogens is 435 g/mol. The van der Waals surface area contributed by atoms with Crippen LogP contribution in [0.5, 0.6) is 0 Å². The van der Waals surface area contributed by atoms with E-state index in [-0.39, 0.29) is 0 Å².